The van der Waals surface area contributed by atoms with Crippen molar-refractivity contribution >= 4 is 11.9 Å². The van der Waals surface area contributed by atoms with Crippen molar-refractivity contribution in [3.05, 3.63) is 24.3 Å². The van der Waals surface area contributed by atoms with Gasteiger partial charge in [-0.15, -0.1) is 0 Å². The second-order valence-electron chi connectivity index (χ2n) is 20.3. The van der Waals surface area contributed by atoms with Crippen LogP contribution in [0.1, 0.15) is 322 Å². The summed E-state index contributed by atoms with van der Waals surface area (Å²) in [6.07, 6.45) is 67.4. The summed E-state index contributed by atoms with van der Waals surface area (Å²) >= 11 is 0. The van der Waals surface area contributed by atoms with E-state index in [0.717, 1.165) is 51.4 Å². The predicted octanol–water partition coefficient (Wildman–Crippen LogP) is 18.2. The molecule has 0 aromatic carbocycles. The highest BCUT2D eigenvalue weighted by atomic mass is 16.5. The predicted molar refractivity (Wildman–Crippen MR) is 287 cm³/mol. The topological polar surface area (TPSA) is 95.9 Å². The Morgan fingerprint density at radius 1 is 0.424 bits per heavy atom. The molecule has 0 aliphatic heterocycles. The van der Waals surface area contributed by atoms with Crippen molar-refractivity contribution < 1.29 is 24.5 Å². The van der Waals surface area contributed by atoms with Crippen molar-refractivity contribution in [2.45, 2.75) is 334 Å². The molecule has 0 saturated carbocycles. The Balaban J connectivity index is 3.42. The van der Waals surface area contributed by atoms with E-state index >= 15 is 0 Å². The van der Waals surface area contributed by atoms with Crippen molar-refractivity contribution in [2.24, 2.45) is 0 Å². The number of unbranched alkanes of at least 4 members (excludes halogenated alkanes) is 40. The highest BCUT2D eigenvalue weighted by Gasteiger charge is 2.20. The summed E-state index contributed by atoms with van der Waals surface area (Å²) in [6, 6.07) is -0.546. The van der Waals surface area contributed by atoms with E-state index in [9.17, 15) is 19.8 Å². The van der Waals surface area contributed by atoms with Gasteiger partial charge in [0.05, 0.1) is 25.4 Å². The Bertz CT molecular complexity index is 1030. The first kappa shape index (κ1) is 64.3. The van der Waals surface area contributed by atoms with E-state index in [1.54, 1.807) is 0 Å². The van der Waals surface area contributed by atoms with Crippen LogP contribution in [0, 0.1) is 0 Å². The van der Waals surface area contributed by atoms with E-state index in [-0.39, 0.29) is 18.5 Å². The van der Waals surface area contributed by atoms with Crippen LogP contribution in [0.4, 0.5) is 0 Å². The summed E-state index contributed by atoms with van der Waals surface area (Å²) in [5.74, 6) is -0.0470. The lowest BCUT2D eigenvalue weighted by Crippen LogP contribution is -2.45. The van der Waals surface area contributed by atoms with Crippen LogP contribution >= 0.6 is 0 Å². The van der Waals surface area contributed by atoms with Crippen LogP contribution in [0.15, 0.2) is 24.3 Å². The molecule has 0 aromatic rings. The minimum atomic E-state index is -0.668. The normalized spacial score (nSPS) is 12.7. The molecule has 0 aromatic heterocycles. The number of aliphatic hydroxyl groups excluding tert-OH is 2. The zero-order valence-corrected chi connectivity index (χ0v) is 44.4. The lowest BCUT2D eigenvalue weighted by molar-refractivity contribution is -0.143. The van der Waals surface area contributed by atoms with Gasteiger partial charge in [0.25, 0.3) is 0 Å². The maximum absolute atomic E-state index is 12.5. The summed E-state index contributed by atoms with van der Waals surface area (Å²) in [7, 11) is 0. The zero-order valence-electron chi connectivity index (χ0n) is 44.4. The number of carbonyl (C=O) groups is 2. The van der Waals surface area contributed by atoms with Gasteiger partial charge in [-0.2, -0.15) is 0 Å². The molecular weight excluding hydrogens is 815 g/mol. The van der Waals surface area contributed by atoms with Gasteiger partial charge in [-0.3, -0.25) is 9.59 Å². The molecule has 2 unspecified atom stereocenters. The van der Waals surface area contributed by atoms with E-state index in [4.69, 9.17) is 4.74 Å². The first-order chi connectivity index (χ1) is 32.5. The SMILES string of the molecule is CCCC/C=C\C/C=C\CCCCCCCC(=O)OCCCCCCCCCCCCCCCCCCCC(=O)NC(CO)C(O)CCCCCCCCCCCCCCCCCCCC. The lowest BCUT2D eigenvalue weighted by Gasteiger charge is -2.22. The van der Waals surface area contributed by atoms with Crippen molar-refractivity contribution in [3.8, 4) is 0 Å². The van der Waals surface area contributed by atoms with Crippen LogP contribution in [0.3, 0.4) is 0 Å². The van der Waals surface area contributed by atoms with Gasteiger partial charge in [-0.25, -0.2) is 0 Å². The molecule has 0 radical (unpaired) electrons. The zero-order chi connectivity index (χ0) is 47.9. The van der Waals surface area contributed by atoms with Gasteiger partial charge in [-0.05, 0) is 51.4 Å². The Labute approximate surface area is 411 Å². The molecule has 0 spiro atoms. The third kappa shape index (κ3) is 51.7. The highest BCUT2D eigenvalue weighted by Crippen LogP contribution is 2.18. The molecule has 0 heterocycles. The van der Waals surface area contributed by atoms with Crippen LogP contribution in [0.5, 0.6) is 0 Å². The van der Waals surface area contributed by atoms with Gasteiger partial charge in [-0.1, -0.05) is 282 Å². The third-order valence-electron chi connectivity index (χ3n) is 13.8. The Morgan fingerprint density at radius 2 is 0.773 bits per heavy atom. The highest BCUT2D eigenvalue weighted by molar-refractivity contribution is 5.76. The van der Waals surface area contributed by atoms with Gasteiger partial charge in [0.15, 0.2) is 0 Å². The van der Waals surface area contributed by atoms with Crippen molar-refractivity contribution in [2.75, 3.05) is 13.2 Å². The summed E-state index contributed by atoms with van der Waals surface area (Å²) in [5, 5.41) is 23.3. The lowest BCUT2D eigenvalue weighted by atomic mass is 10.0. The van der Waals surface area contributed by atoms with Gasteiger partial charge in [0.1, 0.15) is 0 Å². The number of hydrogen-bond donors (Lipinski definition) is 3. The van der Waals surface area contributed by atoms with Crippen molar-refractivity contribution in [3.63, 3.8) is 0 Å². The number of rotatable bonds is 55. The first-order valence-electron chi connectivity index (χ1n) is 29.6. The summed E-state index contributed by atoms with van der Waals surface area (Å²) in [5.41, 5.74) is 0. The number of carbonyl (C=O) groups excluding carboxylic acids is 2. The average Bonchev–Trinajstić information content (AvgIpc) is 3.32. The van der Waals surface area contributed by atoms with Gasteiger partial charge >= 0.3 is 5.97 Å². The van der Waals surface area contributed by atoms with Crippen LogP contribution in [-0.4, -0.2) is 47.4 Å². The minimum Gasteiger partial charge on any atom is -0.466 e. The Kier molecular flexibility index (Phi) is 54.5. The summed E-state index contributed by atoms with van der Waals surface area (Å²) in [6.45, 7) is 4.91. The van der Waals surface area contributed by atoms with Crippen LogP contribution < -0.4 is 5.32 Å². The molecule has 2 atom stereocenters. The fourth-order valence-electron chi connectivity index (χ4n) is 9.19. The molecule has 66 heavy (non-hydrogen) atoms. The van der Waals surface area contributed by atoms with Crippen LogP contribution in [0.2, 0.25) is 0 Å². The fraction of sp³-hybridized carbons (Fsp3) is 0.900. The number of allylic oxidation sites excluding steroid dienone is 4. The number of ether oxygens (including phenoxy) is 1. The number of aliphatic hydroxyl groups is 2. The Hall–Kier alpha value is -1.66. The van der Waals surface area contributed by atoms with Gasteiger partial charge in [0.2, 0.25) is 5.91 Å². The fourth-order valence-corrected chi connectivity index (χ4v) is 9.19. The molecule has 390 valence electrons. The maximum atomic E-state index is 12.5. The smallest absolute Gasteiger partial charge is 0.305 e. The second-order valence-corrected chi connectivity index (χ2v) is 20.3. The molecule has 0 fully saturated rings. The largest absolute Gasteiger partial charge is 0.466 e. The van der Waals surface area contributed by atoms with E-state index in [1.165, 1.54) is 238 Å². The van der Waals surface area contributed by atoms with Crippen LogP contribution in [-0.2, 0) is 14.3 Å². The van der Waals surface area contributed by atoms with Crippen molar-refractivity contribution in [1.82, 2.24) is 5.32 Å². The van der Waals surface area contributed by atoms with Gasteiger partial charge < -0.3 is 20.3 Å². The molecule has 1 amide bonds. The average molecular weight is 931 g/mol. The standard InChI is InChI=1S/C60H115NO5/c1-3-5-7-9-11-13-15-17-19-20-22-25-28-32-36-40-44-48-52-58(63)57(56-62)61-59(64)53-49-45-41-37-33-29-26-23-21-24-27-31-35-39-43-47-51-55-66-60(65)54-50-46-42-38-34-30-18-16-14-12-10-8-6-4-2/h10,12,16,18,57-58,62-63H,3-9,11,13-15,17,19-56H2,1-2H3,(H,61,64)/b12-10-,18-16-. The van der Waals surface area contributed by atoms with Crippen molar-refractivity contribution in [1.29, 1.82) is 0 Å². The third-order valence-corrected chi connectivity index (χ3v) is 13.8. The number of amides is 1. The Morgan fingerprint density at radius 3 is 1.20 bits per heavy atom. The molecule has 0 aliphatic carbocycles. The van der Waals surface area contributed by atoms with E-state index in [2.05, 4.69) is 43.5 Å². The molecule has 6 heteroatoms. The number of hydrogen-bond acceptors (Lipinski definition) is 5. The van der Waals surface area contributed by atoms with Crippen LogP contribution in [0.25, 0.3) is 0 Å². The number of nitrogens with one attached hydrogen (secondary N) is 1. The molecule has 0 saturated heterocycles. The first-order valence-corrected chi connectivity index (χ1v) is 29.6. The quantitative estimate of drug-likeness (QED) is 0.0321. The second kappa shape index (κ2) is 55.9. The molecule has 6 nitrogen and oxygen atoms in total. The van der Waals surface area contributed by atoms with E-state index < -0.39 is 12.1 Å². The number of esters is 1. The molecule has 0 bridgehead atoms. The van der Waals surface area contributed by atoms with Gasteiger partial charge in [0, 0.05) is 12.8 Å². The molecule has 3 N–H and O–H groups in total. The van der Waals surface area contributed by atoms with E-state index in [0.29, 0.717) is 25.9 Å². The van der Waals surface area contributed by atoms with E-state index in [1.807, 2.05) is 0 Å². The molecule has 0 rings (SSSR count). The molecule has 0 aliphatic rings. The molecular formula is C60H115NO5. The maximum Gasteiger partial charge on any atom is 0.305 e. The summed E-state index contributed by atoms with van der Waals surface area (Å²) < 4.78 is 5.47. The minimum absolute atomic E-state index is 0.00877. The summed E-state index contributed by atoms with van der Waals surface area (Å²) in [4.78, 5) is 24.5. The monoisotopic (exact) mass is 930 g/mol.